The SMILES string of the molecule is COc1csc(C(Br)Cc2c(F)cccc2Cl)c1. The summed E-state index contributed by atoms with van der Waals surface area (Å²) in [6.45, 7) is 0. The van der Waals surface area contributed by atoms with Gasteiger partial charge in [-0.2, -0.15) is 0 Å². The van der Waals surface area contributed by atoms with E-state index in [4.69, 9.17) is 16.3 Å². The van der Waals surface area contributed by atoms with Gasteiger partial charge in [0, 0.05) is 20.8 Å². The second-order valence-corrected chi connectivity index (χ2v) is 6.22. The molecule has 1 nitrogen and oxygen atoms in total. The minimum atomic E-state index is -0.268. The van der Waals surface area contributed by atoms with Gasteiger partial charge in [-0.1, -0.05) is 33.6 Å². The largest absolute Gasteiger partial charge is 0.496 e. The molecule has 0 amide bonds. The lowest BCUT2D eigenvalue weighted by atomic mass is 10.1. The molecule has 1 unspecified atom stereocenters. The van der Waals surface area contributed by atoms with E-state index in [2.05, 4.69) is 15.9 Å². The number of hydrogen-bond donors (Lipinski definition) is 0. The average Bonchev–Trinajstić information content (AvgIpc) is 2.82. The molecule has 0 bridgehead atoms. The van der Waals surface area contributed by atoms with E-state index in [-0.39, 0.29) is 10.6 Å². The van der Waals surface area contributed by atoms with Crippen molar-refractivity contribution >= 4 is 38.9 Å². The molecular weight excluding hydrogens is 339 g/mol. The van der Waals surface area contributed by atoms with Crippen LogP contribution in [0.3, 0.4) is 0 Å². The molecule has 96 valence electrons. The molecule has 0 N–H and O–H groups in total. The third-order valence-corrected chi connectivity index (χ3v) is 5.08. The molecule has 0 aliphatic carbocycles. The number of alkyl halides is 1. The van der Waals surface area contributed by atoms with Gasteiger partial charge in [0.1, 0.15) is 11.6 Å². The summed E-state index contributed by atoms with van der Waals surface area (Å²) >= 11 is 11.2. The average molecular weight is 350 g/mol. The summed E-state index contributed by atoms with van der Waals surface area (Å²) in [5.41, 5.74) is 0.536. The molecule has 1 aromatic carbocycles. The second kappa shape index (κ2) is 6.04. The first kappa shape index (κ1) is 13.8. The molecule has 1 heterocycles. The number of rotatable bonds is 4. The van der Waals surface area contributed by atoms with Crippen LogP contribution >= 0.6 is 38.9 Å². The minimum absolute atomic E-state index is 0.0285. The highest BCUT2D eigenvalue weighted by molar-refractivity contribution is 9.09. The van der Waals surface area contributed by atoms with Crippen molar-refractivity contribution in [3.05, 3.63) is 50.9 Å². The fourth-order valence-electron chi connectivity index (χ4n) is 1.61. The van der Waals surface area contributed by atoms with Crippen LogP contribution in [-0.2, 0) is 6.42 Å². The molecule has 1 aromatic heterocycles. The Morgan fingerprint density at radius 2 is 2.28 bits per heavy atom. The van der Waals surface area contributed by atoms with E-state index in [0.29, 0.717) is 17.0 Å². The molecule has 0 saturated heterocycles. The summed E-state index contributed by atoms with van der Waals surface area (Å²) in [7, 11) is 1.63. The molecule has 0 saturated carbocycles. The van der Waals surface area contributed by atoms with E-state index >= 15 is 0 Å². The van der Waals surface area contributed by atoms with Crippen molar-refractivity contribution in [3.8, 4) is 5.75 Å². The number of benzene rings is 1. The molecule has 5 heteroatoms. The highest BCUT2D eigenvalue weighted by atomic mass is 79.9. The van der Waals surface area contributed by atoms with E-state index in [1.54, 1.807) is 30.6 Å². The Kier molecular flexibility index (Phi) is 4.65. The van der Waals surface area contributed by atoms with Gasteiger partial charge in [-0.05, 0) is 24.6 Å². The fraction of sp³-hybridized carbons (Fsp3) is 0.231. The Labute approximate surface area is 123 Å². The lowest BCUT2D eigenvalue weighted by Crippen LogP contribution is -1.97. The Bertz CT molecular complexity index is 523. The maximum atomic E-state index is 13.7. The molecule has 0 fully saturated rings. The summed E-state index contributed by atoms with van der Waals surface area (Å²) in [5, 5.41) is 2.38. The van der Waals surface area contributed by atoms with Gasteiger partial charge >= 0.3 is 0 Å². The Hall–Kier alpha value is -0.580. The molecule has 0 radical (unpaired) electrons. The molecule has 2 rings (SSSR count). The highest BCUT2D eigenvalue weighted by Gasteiger charge is 2.16. The lowest BCUT2D eigenvalue weighted by molar-refractivity contribution is 0.416. The van der Waals surface area contributed by atoms with Gasteiger partial charge in [0.25, 0.3) is 0 Å². The molecule has 2 aromatic rings. The Balaban J connectivity index is 2.18. The van der Waals surface area contributed by atoms with Crippen LogP contribution in [0.2, 0.25) is 5.02 Å². The van der Waals surface area contributed by atoms with Crippen LogP contribution in [0.25, 0.3) is 0 Å². The van der Waals surface area contributed by atoms with Crippen molar-refractivity contribution < 1.29 is 9.13 Å². The Morgan fingerprint density at radius 3 is 2.89 bits per heavy atom. The molecular formula is C13H11BrClFOS. The summed E-state index contributed by atoms with van der Waals surface area (Å²) in [5.74, 6) is 0.551. The van der Waals surface area contributed by atoms with E-state index in [1.807, 2.05) is 11.4 Å². The predicted octanol–water partition coefficient (Wildman–Crippen LogP) is 5.23. The number of halogens is 3. The zero-order chi connectivity index (χ0) is 13.1. The van der Waals surface area contributed by atoms with Crippen LogP contribution in [0.1, 0.15) is 15.3 Å². The van der Waals surface area contributed by atoms with Gasteiger partial charge in [-0.25, -0.2) is 4.39 Å². The summed E-state index contributed by atoms with van der Waals surface area (Å²) in [6, 6.07) is 6.68. The topological polar surface area (TPSA) is 9.23 Å². The van der Waals surface area contributed by atoms with Crippen molar-refractivity contribution in [3.63, 3.8) is 0 Å². The van der Waals surface area contributed by atoms with Gasteiger partial charge in [-0.3, -0.25) is 0 Å². The van der Waals surface area contributed by atoms with Gasteiger partial charge in [0.15, 0.2) is 0 Å². The predicted molar refractivity (Wildman–Crippen MR) is 77.7 cm³/mol. The van der Waals surface area contributed by atoms with Gasteiger partial charge in [-0.15, -0.1) is 11.3 Å². The zero-order valence-electron chi connectivity index (χ0n) is 9.62. The van der Waals surface area contributed by atoms with Crippen LogP contribution in [0.4, 0.5) is 4.39 Å². The van der Waals surface area contributed by atoms with Gasteiger partial charge in [0.05, 0.1) is 11.9 Å². The molecule has 18 heavy (non-hydrogen) atoms. The van der Waals surface area contributed by atoms with Crippen LogP contribution in [0.5, 0.6) is 5.75 Å². The van der Waals surface area contributed by atoms with E-state index in [1.165, 1.54) is 6.07 Å². The van der Waals surface area contributed by atoms with Crippen molar-refractivity contribution in [2.75, 3.05) is 7.11 Å². The number of hydrogen-bond acceptors (Lipinski definition) is 2. The maximum Gasteiger partial charge on any atom is 0.129 e. The third-order valence-electron chi connectivity index (χ3n) is 2.59. The number of ether oxygens (including phenoxy) is 1. The normalized spacial score (nSPS) is 12.4. The van der Waals surface area contributed by atoms with Gasteiger partial charge < -0.3 is 4.74 Å². The first-order chi connectivity index (χ1) is 8.61. The lowest BCUT2D eigenvalue weighted by Gasteiger charge is -2.10. The van der Waals surface area contributed by atoms with E-state index < -0.39 is 0 Å². The van der Waals surface area contributed by atoms with E-state index in [0.717, 1.165) is 10.6 Å². The van der Waals surface area contributed by atoms with Crippen LogP contribution < -0.4 is 4.74 Å². The monoisotopic (exact) mass is 348 g/mol. The third kappa shape index (κ3) is 3.05. The molecule has 1 atom stereocenters. The van der Waals surface area contributed by atoms with Crippen molar-refractivity contribution in [2.45, 2.75) is 11.2 Å². The molecule has 0 aliphatic rings. The quantitative estimate of drug-likeness (QED) is 0.687. The van der Waals surface area contributed by atoms with E-state index in [9.17, 15) is 4.39 Å². The zero-order valence-corrected chi connectivity index (χ0v) is 12.8. The van der Waals surface area contributed by atoms with Gasteiger partial charge in [0.2, 0.25) is 0 Å². The Morgan fingerprint density at radius 1 is 1.50 bits per heavy atom. The van der Waals surface area contributed by atoms with Crippen molar-refractivity contribution in [1.29, 1.82) is 0 Å². The van der Waals surface area contributed by atoms with Crippen molar-refractivity contribution in [1.82, 2.24) is 0 Å². The maximum absolute atomic E-state index is 13.7. The minimum Gasteiger partial charge on any atom is -0.496 e. The first-order valence-corrected chi connectivity index (χ1v) is 7.48. The molecule has 0 spiro atoms. The smallest absolute Gasteiger partial charge is 0.129 e. The van der Waals surface area contributed by atoms with Crippen LogP contribution in [0, 0.1) is 5.82 Å². The standard InChI is InChI=1S/C13H11BrClFOS/c1-17-8-5-13(18-7-8)10(14)6-9-11(15)3-2-4-12(9)16/h2-5,7,10H,6H2,1H3. The second-order valence-electron chi connectivity index (χ2n) is 3.76. The van der Waals surface area contributed by atoms with Crippen LogP contribution in [0.15, 0.2) is 29.6 Å². The summed E-state index contributed by atoms with van der Waals surface area (Å²) in [4.78, 5) is 1.12. The summed E-state index contributed by atoms with van der Waals surface area (Å²) in [6.07, 6.45) is 0.509. The van der Waals surface area contributed by atoms with Crippen LogP contribution in [-0.4, -0.2) is 7.11 Å². The summed E-state index contributed by atoms with van der Waals surface area (Å²) < 4.78 is 18.8. The molecule has 0 aliphatic heterocycles. The fourth-order valence-corrected chi connectivity index (χ4v) is 3.46. The number of thiophene rings is 1. The van der Waals surface area contributed by atoms with Crippen molar-refractivity contribution in [2.24, 2.45) is 0 Å². The number of methoxy groups -OCH3 is 1. The first-order valence-electron chi connectivity index (χ1n) is 5.31. The highest BCUT2D eigenvalue weighted by Crippen LogP contribution is 2.36.